The van der Waals surface area contributed by atoms with Crippen LogP contribution in [0.1, 0.15) is 23.5 Å². The minimum absolute atomic E-state index is 0.0929. The SMILES string of the molecule is C=C(O)c1ccc(-c2cnc([C@H](C)NC)s2)cc1. The Morgan fingerprint density at radius 1 is 1.39 bits per heavy atom. The number of nitrogens with zero attached hydrogens (tertiary/aromatic N) is 1. The van der Waals surface area contributed by atoms with E-state index in [0.29, 0.717) is 0 Å². The number of hydrogen-bond donors (Lipinski definition) is 2. The largest absolute Gasteiger partial charge is 0.508 e. The molecule has 0 bridgehead atoms. The normalized spacial score (nSPS) is 12.3. The Labute approximate surface area is 111 Å². The number of nitrogens with one attached hydrogen (secondary N) is 1. The molecule has 0 aliphatic heterocycles. The van der Waals surface area contributed by atoms with E-state index in [-0.39, 0.29) is 11.8 Å². The third-order valence-corrected chi connectivity index (χ3v) is 4.06. The van der Waals surface area contributed by atoms with Crippen molar-refractivity contribution in [3.05, 3.63) is 47.6 Å². The van der Waals surface area contributed by atoms with Gasteiger partial charge in [0, 0.05) is 11.8 Å². The lowest BCUT2D eigenvalue weighted by Crippen LogP contribution is -2.11. The van der Waals surface area contributed by atoms with E-state index in [1.807, 2.05) is 37.5 Å². The quantitative estimate of drug-likeness (QED) is 0.825. The molecule has 0 saturated heterocycles. The first kappa shape index (κ1) is 12.8. The molecule has 1 aromatic heterocycles. The molecule has 0 spiro atoms. The molecule has 1 heterocycles. The Hall–Kier alpha value is -1.65. The second kappa shape index (κ2) is 5.33. The molecule has 0 radical (unpaired) electrons. The van der Waals surface area contributed by atoms with Gasteiger partial charge in [0.25, 0.3) is 0 Å². The van der Waals surface area contributed by atoms with E-state index in [0.717, 1.165) is 21.0 Å². The topological polar surface area (TPSA) is 45.2 Å². The summed E-state index contributed by atoms with van der Waals surface area (Å²) in [5.41, 5.74) is 1.85. The van der Waals surface area contributed by atoms with Crippen molar-refractivity contribution in [2.24, 2.45) is 0 Å². The van der Waals surface area contributed by atoms with Gasteiger partial charge >= 0.3 is 0 Å². The van der Waals surface area contributed by atoms with Gasteiger partial charge in [-0.3, -0.25) is 0 Å². The van der Waals surface area contributed by atoms with E-state index < -0.39 is 0 Å². The fourth-order valence-corrected chi connectivity index (χ4v) is 2.56. The lowest BCUT2D eigenvalue weighted by molar-refractivity contribution is 0.514. The number of hydrogen-bond acceptors (Lipinski definition) is 4. The summed E-state index contributed by atoms with van der Waals surface area (Å²) in [5, 5.41) is 13.5. The van der Waals surface area contributed by atoms with Crippen LogP contribution in [0.25, 0.3) is 16.2 Å². The van der Waals surface area contributed by atoms with Crippen molar-refractivity contribution in [1.82, 2.24) is 10.3 Å². The Morgan fingerprint density at radius 2 is 2.06 bits per heavy atom. The van der Waals surface area contributed by atoms with Crippen LogP contribution in [0.4, 0.5) is 0 Å². The molecule has 94 valence electrons. The Balaban J connectivity index is 2.26. The minimum atomic E-state index is 0.0929. The van der Waals surface area contributed by atoms with Crippen LogP contribution in [0, 0.1) is 0 Å². The van der Waals surface area contributed by atoms with Crippen molar-refractivity contribution in [3.63, 3.8) is 0 Å². The zero-order valence-corrected chi connectivity index (χ0v) is 11.3. The zero-order valence-electron chi connectivity index (χ0n) is 10.5. The molecule has 1 atom stereocenters. The molecule has 0 unspecified atom stereocenters. The van der Waals surface area contributed by atoms with Gasteiger partial charge in [0.1, 0.15) is 10.8 Å². The molecule has 2 N–H and O–H groups in total. The van der Waals surface area contributed by atoms with Crippen molar-refractivity contribution in [1.29, 1.82) is 0 Å². The summed E-state index contributed by atoms with van der Waals surface area (Å²) in [6.07, 6.45) is 1.89. The molecule has 0 aliphatic rings. The van der Waals surface area contributed by atoms with Crippen molar-refractivity contribution in [2.45, 2.75) is 13.0 Å². The maximum Gasteiger partial charge on any atom is 0.115 e. The maximum absolute atomic E-state index is 9.28. The van der Waals surface area contributed by atoms with Crippen LogP contribution >= 0.6 is 11.3 Å². The number of benzene rings is 1. The predicted molar refractivity (Wildman–Crippen MR) is 76.7 cm³/mol. The van der Waals surface area contributed by atoms with E-state index in [9.17, 15) is 5.11 Å². The first-order chi connectivity index (χ1) is 8.61. The molecule has 0 amide bonds. The van der Waals surface area contributed by atoms with Gasteiger partial charge in [0.2, 0.25) is 0 Å². The lowest BCUT2D eigenvalue weighted by atomic mass is 10.1. The number of aliphatic hydroxyl groups excluding tert-OH is 1. The van der Waals surface area contributed by atoms with E-state index in [1.165, 1.54) is 0 Å². The van der Waals surface area contributed by atoms with Crippen LogP contribution < -0.4 is 5.32 Å². The van der Waals surface area contributed by atoms with Crippen LogP contribution in [-0.2, 0) is 0 Å². The highest BCUT2D eigenvalue weighted by Gasteiger charge is 2.09. The Bertz CT molecular complexity index is 545. The molecular formula is C14H16N2OS. The van der Waals surface area contributed by atoms with Crippen molar-refractivity contribution in [3.8, 4) is 10.4 Å². The van der Waals surface area contributed by atoms with Gasteiger partial charge in [-0.25, -0.2) is 4.98 Å². The van der Waals surface area contributed by atoms with E-state index in [2.05, 4.69) is 23.8 Å². The summed E-state index contributed by atoms with van der Waals surface area (Å²) in [4.78, 5) is 5.54. The molecule has 4 heteroatoms. The van der Waals surface area contributed by atoms with Crippen LogP contribution in [0.3, 0.4) is 0 Å². The monoisotopic (exact) mass is 260 g/mol. The van der Waals surface area contributed by atoms with Gasteiger partial charge in [-0.2, -0.15) is 0 Å². The summed E-state index contributed by atoms with van der Waals surface area (Å²) in [6, 6.07) is 7.92. The fourth-order valence-electron chi connectivity index (χ4n) is 1.57. The lowest BCUT2D eigenvalue weighted by Gasteiger charge is -2.04. The number of aliphatic hydroxyl groups is 1. The molecule has 1 aromatic carbocycles. The van der Waals surface area contributed by atoms with Gasteiger partial charge in [-0.05, 0) is 19.5 Å². The van der Waals surface area contributed by atoms with Crippen LogP contribution in [0.15, 0.2) is 37.0 Å². The molecule has 0 saturated carbocycles. The highest BCUT2D eigenvalue weighted by atomic mass is 32.1. The highest BCUT2D eigenvalue weighted by molar-refractivity contribution is 7.15. The fraction of sp³-hybridized carbons (Fsp3) is 0.214. The molecule has 0 aliphatic carbocycles. The molecule has 3 nitrogen and oxygen atoms in total. The number of thiazole rings is 1. The standard InChI is InChI=1S/C14H16N2OS/c1-9(15-3)14-16-8-13(18-14)12-6-4-11(5-7-12)10(2)17/h4-9,15,17H,2H2,1,3H3/t9-/m0/s1. The predicted octanol–water partition coefficient (Wildman–Crippen LogP) is 3.62. The number of rotatable bonds is 4. The van der Waals surface area contributed by atoms with Crippen LogP contribution in [0.5, 0.6) is 0 Å². The van der Waals surface area contributed by atoms with Crippen molar-refractivity contribution < 1.29 is 5.11 Å². The van der Waals surface area contributed by atoms with Crippen LogP contribution in [0.2, 0.25) is 0 Å². The summed E-state index contributed by atoms with van der Waals surface area (Å²) in [5.74, 6) is 0.0929. The van der Waals surface area contributed by atoms with Crippen LogP contribution in [-0.4, -0.2) is 17.1 Å². The average Bonchev–Trinajstić information content (AvgIpc) is 2.87. The van der Waals surface area contributed by atoms with Crippen molar-refractivity contribution in [2.75, 3.05) is 7.05 Å². The van der Waals surface area contributed by atoms with E-state index in [4.69, 9.17) is 0 Å². The third-order valence-electron chi connectivity index (χ3n) is 2.83. The van der Waals surface area contributed by atoms with Crippen molar-refractivity contribution >= 4 is 17.1 Å². The molecule has 18 heavy (non-hydrogen) atoms. The molecule has 2 rings (SSSR count). The van der Waals surface area contributed by atoms with E-state index in [1.54, 1.807) is 11.3 Å². The van der Waals surface area contributed by atoms with Gasteiger partial charge in [-0.1, -0.05) is 30.8 Å². The summed E-state index contributed by atoms with van der Waals surface area (Å²) >= 11 is 1.67. The molecule has 0 fully saturated rings. The first-order valence-electron chi connectivity index (χ1n) is 5.73. The smallest absolute Gasteiger partial charge is 0.115 e. The molecular weight excluding hydrogens is 244 g/mol. The summed E-state index contributed by atoms with van der Waals surface area (Å²) in [6.45, 7) is 5.59. The zero-order chi connectivity index (χ0) is 13.1. The average molecular weight is 260 g/mol. The minimum Gasteiger partial charge on any atom is -0.508 e. The van der Waals surface area contributed by atoms with E-state index >= 15 is 0 Å². The third kappa shape index (κ3) is 2.60. The van der Waals surface area contributed by atoms with Gasteiger partial charge in [-0.15, -0.1) is 11.3 Å². The van der Waals surface area contributed by atoms with Gasteiger partial charge in [0.15, 0.2) is 0 Å². The Morgan fingerprint density at radius 3 is 2.61 bits per heavy atom. The second-order valence-corrected chi connectivity index (χ2v) is 5.16. The second-order valence-electron chi connectivity index (χ2n) is 4.10. The Kier molecular flexibility index (Phi) is 3.79. The highest BCUT2D eigenvalue weighted by Crippen LogP contribution is 2.29. The first-order valence-corrected chi connectivity index (χ1v) is 6.55. The van der Waals surface area contributed by atoms with Gasteiger partial charge < -0.3 is 10.4 Å². The maximum atomic E-state index is 9.28. The number of aromatic nitrogens is 1. The summed E-state index contributed by atoms with van der Waals surface area (Å²) in [7, 11) is 1.92. The van der Waals surface area contributed by atoms with Gasteiger partial charge in [0.05, 0.1) is 10.9 Å². The molecule has 2 aromatic rings. The summed E-state index contributed by atoms with van der Waals surface area (Å²) < 4.78 is 0.